The zero-order valence-corrected chi connectivity index (χ0v) is 21.2. The molecule has 0 aliphatic rings. The van der Waals surface area contributed by atoms with Crippen molar-refractivity contribution in [3.8, 4) is 5.75 Å². The number of primary amides is 1. The first kappa shape index (κ1) is 26.0. The van der Waals surface area contributed by atoms with Gasteiger partial charge < -0.3 is 21.5 Å². The van der Waals surface area contributed by atoms with E-state index in [9.17, 15) is 14.4 Å². The number of carbonyl (C=O) groups is 3. The first-order valence-electron chi connectivity index (χ1n) is 10.5. The molecule has 9 nitrogen and oxygen atoms in total. The number of anilines is 2. The van der Waals surface area contributed by atoms with E-state index in [0.29, 0.717) is 22.0 Å². The van der Waals surface area contributed by atoms with Crippen LogP contribution in [0.4, 0.5) is 11.4 Å². The number of amides is 3. The molecule has 0 radical (unpaired) electrons. The topological polar surface area (TPSA) is 141 Å². The second-order valence-electron chi connectivity index (χ2n) is 8.68. The molecule has 3 amide bonds. The van der Waals surface area contributed by atoms with Gasteiger partial charge in [0.2, 0.25) is 5.91 Å². The summed E-state index contributed by atoms with van der Waals surface area (Å²) in [7, 11) is 1.46. The molecule has 11 heteroatoms. The minimum atomic E-state index is -1.14. The molecule has 0 saturated carbocycles. The molecule has 0 aliphatic heterocycles. The van der Waals surface area contributed by atoms with Crippen molar-refractivity contribution in [1.29, 1.82) is 0 Å². The predicted molar refractivity (Wildman–Crippen MR) is 137 cm³/mol. The van der Waals surface area contributed by atoms with E-state index in [2.05, 4.69) is 9.69 Å². The second-order valence-corrected chi connectivity index (χ2v) is 9.89. The molecule has 1 unspecified atom stereocenters. The minimum absolute atomic E-state index is 0.0350. The standard InChI is InChI=1S/C24H26ClN5O4S/c1-24(2,3)28-22(32)19(13-9-11-14(25)12-10-13)30(15-7-5-6-8-16(15)34-4)23(33)20-17(26)18(21(27)31)29-35-20/h5-12,19H,26H2,1-4H3,(H2,27,31)(H,28,32). The van der Waals surface area contributed by atoms with Gasteiger partial charge in [0.25, 0.3) is 11.8 Å². The van der Waals surface area contributed by atoms with Gasteiger partial charge in [0, 0.05) is 10.6 Å². The monoisotopic (exact) mass is 515 g/mol. The molecule has 0 saturated heterocycles. The van der Waals surface area contributed by atoms with Crippen molar-refractivity contribution in [3.63, 3.8) is 0 Å². The Bertz CT molecular complexity index is 1250. The van der Waals surface area contributed by atoms with Crippen LogP contribution in [0, 0.1) is 0 Å². The molecular weight excluding hydrogens is 490 g/mol. The number of carbonyl (C=O) groups excluding carboxylic acids is 3. The Morgan fingerprint density at radius 2 is 1.74 bits per heavy atom. The Balaban J connectivity index is 2.28. The van der Waals surface area contributed by atoms with E-state index in [4.69, 9.17) is 27.8 Å². The number of methoxy groups -OCH3 is 1. The van der Waals surface area contributed by atoms with E-state index >= 15 is 0 Å². The molecule has 35 heavy (non-hydrogen) atoms. The fourth-order valence-corrected chi connectivity index (χ4v) is 4.30. The number of nitrogens with one attached hydrogen (secondary N) is 1. The van der Waals surface area contributed by atoms with Crippen molar-refractivity contribution in [3.05, 3.63) is 69.7 Å². The highest BCUT2D eigenvalue weighted by molar-refractivity contribution is 7.09. The Kier molecular flexibility index (Phi) is 7.67. The van der Waals surface area contributed by atoms with Crippen molar-refractivity contribution >= 4 is 52.2 Å². The maximum atomic E-state index is 14.0. The third-order valence-corrected chi connectivity index (χ3v) is 6.01. The Hall–Kier alpha value is -3.63. The van der Waals surface area contributed by atoms with Crippen LogP contribution in [-0.2, 0) is 4.79 Å². The number of aromatic nitrogens is 1. The first-order valence-corrected chi connectivity index (χ1v) is 11.7. The van der Waals surface area contributed by atoms with Crippen LogP contribution in [-0.4, -0.2) is 34.7 Å². The van der Waals surface area contributed by atoms with Crippen LogP contribution >= 0.6 is 23.1 Å². The normalized spacial score (nSPS) is 12.0. The molecule has 2 aromatic carbocycles. The number of halogens is 1. The lowest BCUT2D eigenvalue weighted by Gasteiger charge is -2.34. The van der Waals surface area contributed by atoms with Crippen LogP contribution in [0.2, 0.25) is 5.02 Å². The van der Waals surface area contributed by atoms with Crippen molar-refractivity contribution in [1.82, 2.24) is 9.69 Å². The largest absolute Gasteiger partial charge is 0.495 e. The summed E-state index contributed by atoms with van der Waals surface area (Å²) in [6, 6.07) is 12.2. The fourth-order valence-electron chi connectivity index (χ4n) is 3.43. The lowest BCUT2D eigenvalue weighted by molar-refractivity contribution is -0.123. The van der Waals surface area contributed by atoms with Gasteiger partial charge in [-0.05, 0) is 62.1 Å². The van der Waals surface area contributed by atoms with Crippen LogP contribution in [0.25, 0.3) is 0 Å². The molecule has 1 aromatic heterocycles. The van der Waals surface area contributed by atoms with Crippen molar-refractivity contribution in [2.24, 2.45) is 5.73 Å². The predicted octanol–water partition coefficient (Wildman–Crippen LogP) is 3.79. The summed E-state index contributed by atoms with van der Waals surface area (Å²) in [5.74, 6) is -1.61. The maximum Gasteiger partial charge on any atom is 0.273 e. The molecule has 3 aromatic rings. The molecular formula is C24H26ClN5O4S. The molecule has 184 valence electrons. The molecule has 0 spiro atoms. The summed E-state index contributed by atoms with van der Waals surface area (Å²) >= 11 is 6.82. The zero-order valence-electron chi connectivity index (χ0n) is 19.7. The Morgan fingerprint density at radius 1 is 1.11 bits per heavy atom. The molecule has 1 atom stereocenters. The molecule has 5 N–H and O–H groups in total. The van der Waals surface area contributed by atoms with Crippen LogP contribution in [0.15, 0.2) is 48.5 Å². The van der Waals surface area contributed by atoms with E-state index in [1.165, 1.54) is 12.0 Å². The van der Waals surface area contributed by atoms with Crippen molar-refractivity contribution < 1.29 is 19.1 Å². The highest BCUT2D eigenvalue weighted by atomic mass is 35.5. The fraction of sp³-hybridized carbons (Fsp3) is 0.250. The number of nitrogens with zero attached hydrogens (tertiary/aromatic N) is 2. The SMILES string of the molecule is COc1ccccc1N(C(=O)c1snc(C(N)=O)c1N)C(C(=O)NC(C)(C)C)c1ccc(Cl)cc1. The number of nitrogens with two attached hydrogens (primary N) is 2. The molecule has 0 aliphatic carbocycles. The number of nitrogen functional groups attached to an aromatic ring is 1. The molecule has 0 fully saturated rings. The third kappa shape index (κ3) is 5.72. The lowest BCUT2D eigenvalue weighted by Crippen LogP contribution is -2.49. The maximum absolute atomic E-state index is 14.0. The van der Waals surface area contributed by atoms with Gasteiger partial charge in [-0.1, -0.05) is 35.9 Å². The minimum Gasteiger partial charge on any atom is -0.495 e. The van der Waals surface area contributed by atoms with Gasteiger partial charge in [-0.2, -0.15) is 4.37 Å². The highest BCUT2D eigenvalue weighted by Crippen LogP contribution is 2.38. The zero-order chi connectivity index (χ0) is 25.9. The smallest absolute Gasteiger partial charge is 0.273 e. The van der Waals surface area contributed by atoms with Crippen LogP contribution in [0.5, 0.6) is 5.75 Å². The van der Waals surface area contributed by atoms with Gasteiger partial charge >= 0.3 is 0 Å². The van der Waals surface area contributed by atoms with Crippen molar-refractivity contribution in [2.45, 2.75) is 32.4 Å². The summed E-state index contributed by atoms with van der Waals surface area (Å²) < 4.78 is 9.46. The number of rotatable bonds is 7. The second kappa shape index (κ2) is 10.3. The molecule has 1 heterocycles. The number of ether oxygens (including phenoxy) is 1. The van der Waals surface area contributed by atoms with E-state index in [1.807, 2.05) is 20.8 Å². The van der Waals surface area contributed by atoms with E-state index in [-0.39, 0.29) is 16.3 Å². The third-order valence-electron chi connectivity index (χ3n) is 4.91. The van der Waals surface area contributed by atoms with Gasteiger partial charge in [0.05, 0.1) is 18.5 Å². The summed E-state index contributed by atoms with van der Waals surface area (Å²) in [5, 5.41) is 3.41. The lowest BCUT2D eigenvalue weighted by atomic mass is 10.00. The summed E-state index contributed by atoms with van der Waals surface area (Å²) in [5.41, 5.74) is 11.3. The van der Waals surface area contributed by atoms with Gasteiger partial charge in [0.1, 0.15) is 16.7 Å². The van der Waals surface area contributed by atoms with E-state index < -0.39 is 29.3 Å². The number of para-hydroxylation sites is 2. The number of benzene rings is 2. The molecule has 3 rings (SSSR count). The Labute approximate surface area is 212 Å². The van der Waals surface area contributed by atoms with Crippen LogP contribution in [0.1, 0.15) is 52.5 Å². The number of hydrogen-bond acceptors (Lipinski definition) is 7. The van der Waals surface area contributed by atoms with Crippen LogP contribution < -0.4 is 26.4 Å². The van der Waals surface area contributed by atoms with Gasteiger partial charge in [-0.3, -0.25) is 19.3 Å². The van der Waals surface area contributed by atoms with E-state index in [1.54, 1.807) is 48.5 Å². The first-order chi connectivity index (χ1) is 16.4. The summed E-state index contributed by atoms with van der Waals surface area (Å²) in [4.78, 5) is 40.7. The molecule has 0 bridgehead atoms. The average Bonchev–Trinajstić information content (AvgIpc) is 3.18. The highest BCUT2D eigenvalue weighted by Gasteiger charge is 2.38. The van der Waals surface area contributed by atoms with E-state index in [0.717, 1.165) is 11.5 Å². The van der Waals surface area contributed by atoms with Crippen molar-refractivity contribution in [2.75, 3.05) is 17.7 Å². The quantitative estimate of drug-likeness (QED) is 0.437. The van der Waals surface area contributed by atoms with Gasteiger partial charge in [-0.25, -0.2) is 0 Å². The van der Waals surface area contributed by atoms with Crippen LogP contribution in [0.3, 0.4) is 0 Å². The number of hydrogen-bond donors (Lipinski definition) is 3. The Morgan fingerprint density at radius 3 is 2.29 bits per heavy atom. The van der Waals surface area contributed by atoms with Gasteiger partial charge in [-0.15, -0.1) is 0 Å². The average molecular weight is 516 g/mol. The summed E-state index contributed by atoms with van der Waals surface area (Å²) in [6.45, 7) is 5.50. The summed E-state index contributed by atoms with van der Waals surface area (Å²) in [6.07, 6.45) is 0. The van der Waals surface area contributed by atoms with Gasteiger partial charge in [0.15, 0.2) is 5.69 Å².